The summed E-state index contributed by atoms with van der Waals surface area (Å²) in [6.45, 7) is 3.75. The number of alkyl halides is 3. The lowest BCUT2D eigenvalue weighted by molar-refractivity contribution is -0.137. The third-order valence-corrected chi connectivity index (χ3v) is 5.37. The monoisotopic (exact) mass is 420 g/mol. The molecule has 0 heterocycles. The van der Waals surface area contributed by atoms with Gasteiger partial charge in [-0.25, -0.2) is 4.39 Å². The lowest BCUT2D eigenvalue weighted by Crippen LogP contribution is -2.04. The number of benzene rings is 4. The highest BCUT2D eigenvalue weighted by Crippen LogP contribution is 2.33. The van der Waals surface area contributed by atoms with E-state index >= 15 is 0 Å². The molecular weight excluding hydrogens is 400 g/mol. The van der Waals surface area contributed by atoms with Crippen LogP contribution in [0.15, 0.2) is 91.5 Å². The Kier molecular flexibility index (Phi) is 5.64. The van der Waals surface area contributed by atoms with Gasteiger partial charge in [0.2, 0.25) is 0 Å². The van der Waals surface area contributed by atoms with Crippen molar-refractivity contribution in [3.05, 3.63) is 108 Å². The number of rotatable bonds is 5. The third kappa shape index (κ3) is 4.53. The van der Waals surface area contributed by atoms with Crippen molar-refractivity contribution in [1.29, 1.82) is 0 Å². The zero-order chi connectivity index (χ0) is 22.0. The van der Waals surface area contributed by atoms with Crippen molar-refractivity contribution in [2.75, 3.05) is 0 Å². The Bertz CT molecular complexity index is 1230. The molecule has 4 aromatic carbocycles. The van der Waals surface area contributed by atoms with Crippen molar-refractivity contribution in [2.24, 2.45) is 0 Å². The Hall–Kier alpha value is -3.40. The molecule has 4 heteroatoms. The average Bonchev–Trinajstić information content (AvgIpc) is 2.76. The van der Waals surface area contributed by atoms with E-state index in [1.54, 1.807) is 12.1 Å². The summed E-state index contributed by atoms with van der Waals surface area (Å²) in [4.78, 5) is 0. The molecule has 156 valence electrons. The van der Waals surface area contributed by atoms with Crippen molar-refractivity contribution >= 4 is 10.8 Å². The predicted molar refractivity (Wildman–Crippen MR) is 118 cm³/mol. The summed E-state index contributed by atoms with van der Waals surface area (Å²) in [6.07, 6.45) is -0.647. The van der Waals surface area contributed by atoms with Gasteiger partial charge < -0.3 is 0 Å². The van der Waals surface area contributed by atoms with Gasteiger partial charge in [0.1, 0.15) is 5.82 Å². The van der Waals surface area contributed by atoms with Gasteiger partial charge in [-0.15, -0.1) is 6.58 Å². The van der Waals surface area contributed by atoms with Gasteiger partial charge >= 0.3 is 6.18 Å². The highest BCUT2D eigenvalue weighted by Gasteiger charge is 2.30. The average molecular weight is 420 g/mol. The second-order valence-corrected chi connectivity index (χ2v) is 7.49. The van der Waals surface area contributed by atoms with E-state index in [0.29, 0.717) is 11.1 Å². The van der Waals surface area contributed by atoms with Crippen LogP contribution in [0, 0.1) is 5.82 Å². The highest BCUT2D eigenvalue weighted by atomic mass is 19.4. The topological polar surface area (TPSA) is 0 Å². The number of aryl methyl sites for hydroxylation is 1. The van der Waals surface area contributed by atoms with Gasteiger partial charge in [-0.3, -0.25) is 0 Å². The molecule has 0 fully saturated rings. The van der Waals surface area contributed by atoms with Crippen LogP contribution in [-0.2, 0) is 12.6 Å². The molecule has 0 unspecified atom stereocenters. The zero-order valence-corrected chi connectivity index (χ0v) is 16.7. The zero-order valence-electron chi connectivity index (χ0n) is 16.7. The SMILES string of the molecule is C=CCCc1ccc2cc(-c3ccc(-c4ccc(C(F)(F)F)cc4)c(F)c3)ccc2c1. The van der Waals surface area contributed by atoms with Crippen molar-refractivity contribution in [3.8, 4) is 22.3 Å². The second kappa shape index (κ2) is 8.38. The van der Waals surface area contributed by atoms with Crippen LogP contribution >= 0.6 is 0 Å². The van der Waals surface area contributed by atoms with Crippen LogP contribution in [0.25, 0.3) is 33.0 Å². The van der Waals surface area contributed by atoms with E-state index in [4.69, 9.17) is 0 Å². The maximum absolute atomic E-state index is 14.8. The van der Waals surface area contributed by atoms with E-state index in [2.05, 4.69) is 24.8 Å². The van der Waals surface area contributed by atoms with E-state index in [-0.39, 0.29) is 5.56 Å². The molecular formula is C27H20F4. The van der Waals surface area contributed by atoms with Crippen molar-refractivity contribution in [2.45, 2.75) is 19.0 Å². The molecule has 0 atom stereocenters. The summed E-state index contributed by atoms with van der Waals surface area (Å²) in [5, 5.41) is 2.18. The molecule has 0 aliphatic rings. The van der Waals surface area contributed by atoms with Crippen LogP contribution in [0.1, 0.15) is 17.5 Å². The van der Waals surface area contributed by atoms with Gasteiger partial charge in [-0.05, 0) is 70.1 Å². The van der Waals surface area contributed by atoms with Crippen molar-refractivity contribution in [3.63, 3.8) is 0 Å². The van der Waals surface area contributed by atoms with Gasteiger partial charge in [-0.1, -0.05) is 60.7 Å². The molecule has 0 saturated heterocycles. The molecule has 0 N–H and O–H groups in total. The Balaban J connectivity index is 1.62. The van der Waals surface area contributed by atoms with Gasteiger partial charge in [0.15, 0.2) is 0 Å². The summed E-state index contributed by atoms with van der Waals surface area (Å²) in [5.74, 6) is -0.475. The smallest absolute Gasteiger partial charge is 0.206 e. The highest BCUT2D eigenvalue weighted by molar-refractivity contribution is 5.88. The normalized spacial score (nSPS) is 11.6. The van der Waals surface area contributed by atoms with E-state index in [9.17, 15) is 17.6 Å². The predicted octanol–water partition coefficient (Wildman–Crippen LogP) is 8.45. The summed E-state index contributed by atoms with van der Waals surface area (Å²) < 4.78 is 53.1. The number of hydrogen-bond acceptors (Lipinski definition) is 0. The molecule has 0 aromatic heterocycles. The molecule has 31 heavy (non-hydrogen) atoms. The third-order valence-electron chi connectivity index (χ3n) is 5.37. The molecule has 4 rings (SSSR count). The van der Waals surface area contributed by atoms with Crippen LogP contribution in [0.3, 0.4) is 0 Å². The first-order valence-corrected chi connectivity index (χ1v) is 9.96. The number of halogens is 4. The van der Waals surface area contributed by atoms with Crippen molar-refractivity contribution < 1.29 is 17.6 Å². The lowest BCUT2D eigenvalue weighted by atomic mass is 9.96. The number of hydrogen-bond donors (Lipinski definition) is 0. The minimum Gasteiger partial charge on any atom is -0.206 e. The van der Waals surface area contributed by atoms with Gasteiger partial charge in [0.05, 0.1) is 5.56 Å². The Labute approximate surface area is 178 Å². The Morgan fingerprint density at radius 2 is 1.32 bits per heavy atom. The van der Waals surface area contributed by atoms with Gasteiger partial charge in [0.25, 0.3) is 0 Å². The Morgan fingerprint density at radius 3 is 2.00 bits per heavy atom. The maximum atomic E-state index is 14.8. The molecule has 0 aliphatic heterocycles. The summed E-state index contributed by atoms with van der Waals surface area (Å²) in [6, 6.07) is 21.6. The first kappa shape index (κ1) is 20.9. The number of fused-ring (bicyclic) bond motifs is 1. The standard InChI is InChI=1S/C27H20F4/c1-2-3-4-18-5-6-21-16-22(8-7-20(21)15-18)23-11-14-25(26(28)17-23)19-9-12-24(13-10-19)27(29,30)31/h2,5-17H,1,3-4H2. The molecule has 0 aliphatic carbocycles. The van der Waals surface area contributed by atoms with Crippen molar-refractivity contribution in [1.82, 2.24) is 0 Å². The van der Waals surface area contributed by atoms with Crippen LogP contribution in [0.2, 0.25) is 0 Å². The largest absolute Gasteiger partial charge is 0.416 e. The lowest BCUT2D eigenvalue weighted by Gasteiger charge is -2.10. The van der Waals surface area contributed by atoms with Gasteiger partial charge in [-0.2, -0.15) is 13.2 Å². The van der Waals surface area contributed by atoms with E-state index < -0.39 is 17.6 Å². The van der Waals surface area contributed by atoms with E-state index in [1.807, 2.05) is 24.3 Å². The van der Waals surface area contributed by atoms with Gasteiger partial charge in [0, 0.05) is 5.56 Å². The van der Waals surface area contributed by atoms with Crippen LogP contribution in [0.4, 0.5) is 17.6 Å². The first-order valence-electron chi connectivity index (χ1n) is 9.96. The number of allylic oxidation sites excluding steroid dienone is 1. The van der Waals surface area contributed by atoms with Crippen LogP contribution in [-0.4, -0.2) is 0 Å². The minimum absolute atomic E-state index is 0.269. The van der Waals surface area contributed by atoms with E-state index in [0.717, 1.165) is 41.3 Å². The summed E-state index contributed by atoms with van der Waals surface area (Å²) in [5.41, 5.74) is 2.76. The van der Waals surface area contributed by atoms with Crippen LogP contribution in [0.5, 0.6) is 0 Å². The molecule has 0 saturated carbocycles. The van der Waals surface area contributed by atoms with Crippen LogP contribution < -0.4 is 0 Å². The fourth-order valence-electron chi connectivity index (χ4n) is 3.67. The molecule has 0 spiro atoms. The maximum Gasteiger partial charge on any atom is 0.416 e. The quantitative estimate of drug-likeness (QED) is 0.224. The Morgan fingerprint density at radius 1 is 0.710 bits per heavy atom. The second-order valence-electron chi connectivity index (χ2n) is 7.49. The fourth-order valence-corrected chi connectivity index (χ4v) is 3.67. The summed E-state index contributed by atoms with van der Waals surface area (Å²) >= 11 is 0. The summed E-state index contributed by atoms with van der Waals surface area (Å²) in [7, 11) is 0. The molecule has 0 bridgehead atoms. The molecule has 0 amide bonds. The fraction of sp³-hybridized carbons (Fsp3) is 0.111. The van der Waals surface area contributed by atoms with E-state index in [1.165, 1.54) is 23.8 Å². The molecule has 0 radical (unpaired) electrons. The minimum atomic E-state index is -4.41. The molecule has 0 nitrogen and oxygen atoms in total. The first-order chi connectivity index (χ1) is 14.8. The molecule has 4 aromatic rings.